The van der Waals surface area contributed by atoms with Crippen molar-refractivity contribution in [2.24, 2.45) is 5.73 Å². The quantitative estimate of drug-likeness (QED) is 0.827. The molecule has 0 fully saturated rings. The highest BCUT2D eigenvalue weighted by molar-refractivity contribution is 5.92. The molecular weight excluding hydrogens is 218 g/mol. The number of nitrogens with two attached hydrogens (primary N) is 1. The molecule has 0 saturated carbocycles. The maximum absolute atomic E-state index is 11.4. The fraction of sp³-hybridized carbons (Fsp3) is 0.0833. The Morgan fingerprint density at radius 3 is 2.53 bits per heavy atom. The first-order valence-corrected chi connectivity index (χ1v) is 5.06. The maximum Gasteiger partial charge on any atom is 0.253 e. The van der Waals surface area contributed by atoms with Crippen LogP contribution in [0.1, 0.15) is 15.9 Å². The molecule has 86 valence electrons. The van der Waals surface area contributed by atoms with Crippen LogP contribution in [0.2, 0.25) is 0 Å². The van der Waals surface area contributed by atoms with Crippen molar-refractivity contribution in [2.45, 2.75) is 6.54 Å². The molecule has 5 heteroatoms. The number of carbonyl (C=O) groups is 1. The van der Waals surface area contributed by atoms with Crippen LogP contribution in [-0.4, -0.2) is 15.5 Å². The first-order valence-electron chi connectivity index (χ1n) is 5.06. The van der Waals surface area contributed by atoms with Crippen molar-refractivity contribution in [3.05, 3.63) is 64.3 Å². The summed E-state index contributed by atoms with van der Waals surface area (Å²) in [5, 5.41) is 0. The summed E-state index contributed by atoms with van der Waals surface area (Å²) in [6.45, 7) is 0.422. The molecule has 5 nitrogen and oxygen atoms in total. The molecule has 0 aliphatic carbocycles. The Morgan fingerprint density at radius 2 is 1.94 bits per heavy atom. The van der Waals surface area contributed by atoms with Gasteiger partial charge in [-0.3, -0.25) is 14.2 Å². The molecule has 2 aromatic rings. The van der Waals surface area contributed by atoms with Crippen LogP contribution in [0, 0.1) is 0 Å². The molecule has 0 unspecified atom stereocenters. The highest BCUT2D eigenvalue weighted by Gasteiger charge is 2.01. The molecule has 0 atom stereocenters. The number of amides is 1. The predicted octanol–water partition coefficient (Wildman–Crippen LogP) is 0.390. The van der Waals surface area contributed by atoms with E-state index < -0.39 is 5.91 Å². The Hall–Kier alpha value is -2.43. The van der Waals surface area contributed by atoms with E-state index in [0.717, 1.165) is 5.56 Å². The van der Waals surface area contributed by atoms with Crippen molar-refractivity contribution >= 4 is 5.91 Å². The SMILES string of the molecule is NC(=O)c1ccc(Cn2cnccc2=O)cc1. The number of carbonyl (C=O) groups excluding carboxylic acids is 1. The minimum atomic E-state index is -0.463. The van der Waals surface area contributed by atoms with Gasteiger partial charge in [0.1, 0.15) is 0 Å². The van der Waals surface area contributed by atoms with Crippen molar-refractivity contribution in [2.75, 3.05) is 0 Å². The topological polar surface area (TPSA) is 78.0 Å². The molecule has 17 heavy (non-hydrogen) atoms. The predicted molar refractivity (Wildman–Crippen MR) is 62.6 cm³/mol. The van der Waals surface area contributed by atoms with Crippen molar-refractivity contribution in [3.8, 4) is 0 Å². The second-order valence-electron chi connectivity index (χ2n) is 3.61. The van der Waals surface area contributed by atoms with Crippen molar-refractivity contribution in [1.29, 1.82) is 0 Å². The third-order valence-corrected chi connectivity index (χ3v) is 2.38. The van der Waals surface area contributed by atoms with E-state index >= 15 is 0 Å². The van der Waals surface area contributed by atoms with Gasteiger partial charge in [-0.05, 0) is 17.7 Å². The van der Waals surface area contributed by atoms with Crippen molar-refractivity contribution < 1.29 is 4.79 Å². The first kappa shape index (κ1) is 11.1. The molecular formula is C12H11N3O2. The third-order valence-electron chi connectivity index (χ3n) is 2.38. The molecule has 0 bridgehead atoms. The number of hydrogen-bond donors (Lipinski definition) is 1. The summed E-state index contributed by atoms with van der Waals surface area (Å²) < 4.78 is 1.49. The zero-order valence-corrected chi connectivity index (χ0v) is 9.04. The summed E-state index contributed by atoms with van der Waals surface area (Å²) >= 11 is 0. The highest BCUT2D eigenvalue weighted by atomic mass is 16.1. The van der Waals surface area contributed by atoms with Gasteiger partial charge < -0.3 is 5.73 Å². The number of nitrogens with zero attached hydrogens (tertiary/aromatic N) is 2. The summed E-state index contributed by atoms with van der Waals surface area (Å²) in [4.78, 5) is 26.2. The van der Waals surface area contributed by atoms with Crippen molar-refractivity contribution in [1.82, 2.24) is 9.55 Å². The molecule has 1 aromatic carbocycles. The lowest BCUT2D eigenvalue weighted by Crippen LogP contribution is -2.19. The molecule has 2 N–H and O–H groups in total. The van der Waals surface area contributed by atoms with Crippen LogP contribution in [0.5, 0.6) is 0 Å². The van der Waals surface area contributed by atoms with E-state index in [4.69, 9.17) is 5.73 Å². The van der Waals surface area contributed by atoms with Crippen LogP contribution >= 0.6 is 0 Å². The number of rotatable bonds is 3. The molecule has 0 aliphatic rings. The van der Waals surface area contributed by atoms with Crippen LogP contribution in [0.15, 0.2) is 47.7 Å². The number of hydrogen-bond acceptors (Lipinski definition) is 3. The van der Waals surface area contributed by atoms with Gasteiger partial charge in [-0.2, -0.15) is 0 Å². The zero-order chi connectivity index (χ0) is 12.3. The summed E-state index contributed by atoms with van der Waals surface area (Å²) in [6, 6.07) is 8.20. The smallest absolute Gasteiger partial charge is 0.253 e. The van der Waals surface area contributed by atoms with E-state index in [1.165, 1.54) is 23.2 Å². The average molecular weight is 229 g/mol. The second-order valence-corrected chi connectivity index (χ2v) is 3.61. The Balaban J connectivity index is 2.23. The standard InChI is InChI=1S/C12H11N3O2/c13-12(17)10-3-1-9(2-4-10)7-15-8-14-6-5-11(15)16/h1-6,8H,7H2,(H2,13,17). The largest absolute Gasteiger partial charge is 0.366 e. The molecule has 0 spiro atoms. The van der Waals surface area contributed by atoms with Gasteiger partial charge >= 0.3 is 0 Å². The fourth-order valence-electron chi connectivity index (χ4n) is 1.47. The van der Waals surface area contributed by atoms with Gasteiger partial charge in [0, 0.05) is 17.8 Å². The molecule has 1 aromatic heterocycles. The maximum atomic E-state index is 11.4. The highest BCUT2D eigenvalue weighted by Crippen LogP contribution is 2.04. The van der Waals surface area contributed by atoms with Crippen LogP contribution in [0.25, 0.3) is 0 Å². The van der Waals surface area contributed by atoms with Gasteiger partial charge in [0.25, 0.3) is 5.56 Å². The Bertz CT molecular complexity index is 587. The van der Waals surface area contributed by atoms with Gasteiger partial charge in [-0.1, -0.05) is 12.1 Å². The van der Waals surface area contributed by atoms with Gasteiger partial charge in [0.05, 0.1) is 12.9 Å². The van der Waals surface area contributed by atoms with Gasteiger partial charge in [0.15, 0.2) is 0 Å². The fourth-order valence-corrected chi connectivity index (χ4v) is 1.47. The van der Waals surface area contributed by atoms with Crippen molar-refractivity contribution in [3.63, 3.8) is 0 Å². The minimum absolute atomic E-state index is 0.112. The summed E-state index contributed by atoms with van der Waals surface area (Å²) in [7, 11) is 0. The van der Waals surface area contributed by atoms with Crippen LogP contribution in [0.4, 0.5) is 0 Å². The normalized spacial score (nSPS) is 10.1. The monoisotopic (exact) mass is 229 g/mol. The second kappa shape index (κ2) is 4.61. The zero-order valence-electron chi connectivity index (χ0n) is 9.04. The van der Waals surface area contributed by atoms with E-state index in [2.05, 4.69) is 4.98 Å². The van der Waals surface area contributed by atoms with Crippen LogP contribution in [0.3, 0.4) is 0 Å². The average Bonchev–Trinajstić information content (AvgIpc) is 2.33. The Morgan fingerprint density at radius 1 is 1.24 bits per heavy atom. The lowest BCUT2D eigenvalue weighted by atomic mass is 10.1. The number of benzene rings is 1. The Kier molecular flexibility index (Phi) is 3.00. The van der Waals surface area contributed by atoms with E-state index in [9.17, 15) is 9.59 Å². The summed E-state index contributed by atoms with van der Waals surface area (Å²) in [5.74, 6) is -0.463. The minimum Gasteiger partial charge on any atom is -0.366 e. The Labute approximate surface area is 97.5 Å². The first-order chi connectivity index (χ1) is 8.16. The lowest BCUT2D eigenvalue weighted by molar-refractivity contribution is 0.100. The van der Waals surface area contributed by atoms with Crippen LogP contribution in [-0.2, 0) is 6.54 Å². The molecule has 1 amide bonds. The third kappa shape index (κ3) is 2.57. The van der Waals surface area contributed by atoms with E-state index in [-0.39, 0.29) is 5.56 Å². The number of aromatic nitrogens is 2. The lowest BCUT2D eigenvalue weighted by Gasteiger charge is -2.04. The molecule has 1 heterocycles. The summed E-state index contributed by atoms with van der Waals surface area (Å²) in [5.41, 5.74) is 6.38. The molecule has 2 rings (SSSR count). The van der Waals surface area contributed by atoms with Gasteiger partial charge in [-0.25, -0.2) is 4.98 Å². The van der Waals surface area contributed by atoms with Gasteiger partial charge in [0.2, 0.25) is 5.91 Å². The summed E-state index contributed by atoms with van der Waals surface area (Å²) in [6.07, 6.45) is 2.93. The number of primary amides is 1. The van der Waals surface area contributed by atoms with E-state index in [0.29, 0.717) is 12.1 Å². The van der Waals surface area contributed by atoms with E-state index in [1.807, 2.05) is 0 Å². The van der Waals surface area contributed by atoms with Gasteiger partial charge in [-0.15, -0.1) is 0 Å². The van der Waals surface area contributed by atoms with E-state index in [1.54, 1.807) is 24.3 Å². The van der Waals surface area contributed by atoms with Crippen LogP contribution < -0.4 is 11.3 Å². The molecule has 0 radical (unpaired) electrons. The molecule has 0 saturated heterocycles. The molecule has 0 aliphatic heterocycles.